The molecule has 22 heavy (non-hydrogen) atoms. The zero-order valence-corrected chi connectivity index (χ0v) is 12.9. The lowest BCUT2D eigenvalue weighted by atomic mass is 10.2. The highest BCUT2D eigenvalue weighted by Gasteiger charge is 2.22. The van der Waals surface area contributed by atoms with Gasteiger partial charge in [0, 0.05) is 32.7 Å². The number of benzene rings is 1. The second kappa shape index (κ2) is 7.06. The third kappa shape index (κ3) is 4.67. The van der Waals surface area contributed by atoms with Crippen molar-refractivity contribution in [3.63, 3.8) is 0 Å². The summed E-state index contributed by atoms with van der Waals surface area (Å²) in [7, 11) is -3.57. The molecule has 1 aliphatic heterocycles. The molecule has 1 heterocycles. The normalized spacial score (nSPS) is 16.7. The van der Waals surface area contributed by atoms with Crippen LogP contribution in [0.25, 0.3) is 0 Å². The maximum atomic E-state index is 13.7. The molecule has 6 nitrogen and oxygen atoms in total. The monoisotopic (exact) mass is 330 g/mol. The van der Waals surface area contributed by atoms with Crippen molar-refractivity contribution in [2.24, 2.45) is 0 Å². The lowest BCUT2D eigenvalue weighted by Gasteiger charge is -2.36. The van der Waals surface area contributed by atoms with E-state index in [-0.39, 0.29) is 11.6 Å². The largest absolute Gasteiger partial charge is 0.480 e. The van der Waals surface area contributed by atoms with E-state index >= 15 is 0 Å². The maximum Gasteiger partial charge on any atom is 0.318 e. The molecule has 0 unspecified atom stereocenters. The molecule has 0 spiro atoms. The van der Waals surface area contributed by atoms with Gasteiger partial charge in [-0.15, -0.1) is 0 Å². The summed E-state index contributed by atoms with van der Waals surface area (Å²) in [6.07, 6.45) is 0. The lowest BCUT2D eigenvalue weighted by molar-refractivity contribution is -0.134. The smallest absolute Gasteiger partial charge is 0.318 e. The topological polar surface area (TPSA) is 77.9 Å². The number of piperazine rings is 1. The van der Waals surface area contributed by atoms with Crippen LogP contribution in [0.5, 0.6) is 0 Å². The first-order valence-corrected chi connectivity index (χ1v) is 8.83. The highest BCUT2D eigenvalue weighted by molar-refractivity contribution is 7.92. The highest BCUT2D eigenvalue weighted by Crippen LogP contribution is 2.20. The summed E-state index contributed by atoms with van der Waals surface area (Å²) < 4.78 is 36.8. The van der Waals surface area contributed by atoms with E-state index in [1.165, 1.54) is 6.07 Å². The minimum Gasteiger partial charge on any atom is -0.480 e. The van der Waals surface area contributed by atoms with Gasteiger partial charge in [0.1, 0.15) is 11.6 Å². The van der Waals surface area contributed by atoms with Gasteiger partial charge >= 0.3 is 5.97 Å². The molecule has 0 atom stereocenters. The van der Waals surface area contributed by atoms with E-state index in [1.54, 1.807) is 18.2 Å². The third-order valence-corrected chi connectivity index (χ3v) is 5.12. The van der Waals surface area contributed by atoms with Gasteiger partial charge in [0.25, 0.3) is 0 Å². The quantitative estimate of drug-likeness (QED) is 0.816. The van der Waals surface area contributed by atoms with Crippen LogP contribution in [0.2, 0.25) is 0 Å². The Morgan fingerprint density at radius 3 is 2.41 bits per heavy atom. The number of rotatable bonds is 6. The number of hydrogen-bond donors (Lipinski definition) is 1. The SMILES string of the molecule is O=C(O)CS(=O)(=O)CCN1CCN(c2ccccc2F)CC1. The van der Waals surface area contributed by atoms with Crippen LogP contribution < -0.4 is 4.90 Å². The number of para-hydroxylation sites is 1. The fourth-order valence-electron chi connectivity index (χ4n) is 2.45. The predicted octanol–water partition coefficient (Wildman–Crippen LogP) is 0.447. The van der Waals surface area contributed by atoms with Gasteiger partial charge in [-0.1, -0.05) is 12.1 Å². The molecule has 1 aromatic rings. The Morgan fingerprint density at radius 1 is 1.18 bits per heavy atom. The van der Waals surface area contributed by atoms with Gasteiger partial charge in [0.2, 0.25) is 0 Å². The summed E-state index contributed by atoms with van der Waals surface area (Å²) in [5.74, 6) is -2.59. The molecule has 2 rings (SSSR count). The van der Waals surface area contributed by atoms with Crippen LogP contribution in [0.4, 0.5) is 10.1 Å². The molecular weight excluding hydrogens is 311 g/mol. The Bertz CT molecular complexity index is 627. The number of halogens is 1. The molecule has 0 aromatic heterocycles. The van der Waals surface area contributed by atoms with Crippen molar-refractivity contribution in [1.82, 2.24) is 4.90 Å². The van der Waals surface area contributed by atoms with Crippen LogP contribution in [0.1, 0.15) is 0 Å². The molecular formula is C14H19FN2O4S. The van der Waals surface area contributed by atoms with E-state index in [9.17, 15) is 17.6 Å². The van der Waals surface area contributed by atoms with E-state index in [0.717, 1.165) is 0 Å². The Kier molecular flexibility index (Phi) is 5.36. The number of carboxylic acid groups (broad SMARTS) is 1. The van der Waals surface area contributed by atoms with Crippen LogP contribution in [-0.4, -0.2) is 68.6 Å². The standard InChI is InChI=1S/C14H19FN2O4S/c15-12-3-1-2-4-13(12)17-7-5-16(6-8-17)9-10-22(20,21)11-14(18)19/h1-4H,5-11H2,(H,18,19). The Labute approximate surface area is 129 Å². The molecule has 1 aliphatic rings. The minimum atomic E-state index is -3.57. The van der Waals surface area contributed by atoms with Crippen molar-refractivity contribution in [3.8, 4) is 0 Å². The zero-order valence-electron chi connectivity index (χ0n) is 12.1. The number of anilines is 1. The highest BCUT2D eigenvalue weighted by atomic mass is 32.2. The molecule has 8 heteroatoms. The van der Waals surface area contributed by atoms with Gasteiger partial charge in [0.05, 0.1) is 11.4 Å². The molecule has 1 saturated heterocycles. The van der Waals surface area contributed by atoms with E-state index in [1.807, 2.05) is 9.80 Å². The summed E-state index contributed by atoms with van der Waals surface area (Å²) in [5.41, 5.74) is 0.556. The van der Waals surface area contributed by atoms with Crippen molar-refractivity contribution in [2.75, 3.05) is 49.1 Å². The first-order valence-electron chi connectivity index (χ1n) is 7.01. The average molecular weight is 330 g/mol. The Morgan fingerprint density at radius 2 is 1.82 bits per heavy atom. The molecule has 1 N–H and O–H groups in total. The molecule has 1 aromatic carbocycles. The van der Waals surface area contributed by atoms with Crippen LogP contribution in [0.3, 0.4) is 0 Å². The van der Waals surface area contributed by atoms with Crippen LogP contribution in [-0.2, 0) is 14.6 Å². The van der Waals surface area contributed by atoms with Crippen molar-refractivity contribution in [3.05, 3.63) is 30.1 Å². The van der Waals surface area contributed by atoms with Gasteiger partial charge in [-0.05, 0) is 12.1 Å². The first-order chi connectivity index (χ1) is 10.4. The molecule has 0 bridgehead atoms. The summed E-state index contributed by atoms with van der Waals surface area (Å²) in [4.78, 5) is 14.3. The van der Waals surface area contributed by atoms with Gasteiger partial charge in [-0.3, -0.25) is 9.69 Å². The van der Waals surface area contributed by atoms with Crippen molar-refractivity contribution >= 4 is 21.5 Å². The van der Waals surface area contributed by atoms with Crippen LogP contribution >= 0.6 is 0 Å². The molecule has 0 aliphatic carbocycles. The number of carboxylic acids is 1. The summed E-state index contributed by atoms with van der Waals surface area (Å²) in [5, 5.41) is 8.54. The second-order valence-corrected chi connectivity index (χ2v) is 7.45. The summed E-state index contributed by atoms with van der Waals surface area (Å²) in [6, 6.07) is 6.56. The molecule has 1 fully saturated rings. The number of aliphatic carboxylic acids is 1. The lowest BCUT2D eigenvalue weighted by Crippen LogP contribution is -2.48. The van der Waals surface area contributed by atoms with Gasteiger partial charge in [-0.2, -0.15) is 0 Å². The fourth-order valence-corrected chi connectivity index (χ4v) is 3.51. The Balaban J connectivity index is 1.83. The predicted molar refractivity (Wildman–Crippen MR) is 81.3 cm³/mol. The van der Waals surface area contributed by atoms with Crippen LogP contribution in [0, 0.1) is 5.82 Å². The number of carbonyl (C=O) groups is 1. The number of sulfone groups is 1. The minimum absolute atomic E-state index is 0.168. The average Bonchev–Trinajstić information content (AvgIpc) is 2.45. The molecule has 0 radical (unpaired) electrons. The van der Waals surface area contributed by atoms with Gasteiger partial charge < -0.3 is 10.0 Å². The van der Waals surface area contributed by atoms with E-state index < -0.39 is 21.6 Å². The Hall–Kier alpha value is -1.67. The van der Waals surface area contributed by atoms with Crippen molar-refractivity contribution in [2.45, 2.75) is 0 Å². The van der Waals surface area contributed by atoms with E-state index in [4.69, 9.17) is 5.11 Å². The van der Waals surface area contributed by atoms with E-state index in [2.05, 4.69) is 0 Å². The number of hydrogen-bond acceptors (Lipinski definition) is 5. The van der Waals surface area contributed by atoms with E-state index in [0.29, 0.717) is 38.4 Å². The maximum absolute atomic E-state index is 13.7. The molecule has 122 valence electrons. The van der Waals surface area contributed by atoms with Crippen molar-refractivity contribution in [1.29, 1.82) is 0 Å². The fraction of sp³-hybridized carbons (Fsp3) is 0.500. The van der Waals surface area contributed by atoms with Crippen molar-refractivity contribution < 1.29 is 22.7 Å². The summed E-state index contributed by atoms with van der Waals surface area (Å²) in [6.45, 7) is 2.77. The number of nitrogens with zero attached hydrogens (tertiary/aromatic N) is 2. The van der Waals surface area contributed by atoms with Gasteiger partial charge in [-0.25, -0.2) is 12.8 Å². The summed E-state index contributed by atoms with van der Waals surface area (Å²) >= 11 is 0. The molecule has 0 saturated carbocycles. The van der Waals surface area contributed by atoms with Gasteiger partial charge in [0.15, 0.2) is 9.84 Å². The first kappa shape index (κ1) is 16.7. The second-order valence-electron chi connectivity index (χ2n) is 5.27. The third-order valence-electron chi connectivity index (χ3n) is 3.63. The van der Waals surface area contributed by atoms with Crippen LogP contribution in [0.15, 0.2) is 24.3 Å². The molecule has 0 amide bonds. The zero-order chi connectivity index (χ0) is 16.2.